The van der Waals surface area contributed by atoms with E-state index < -0.39 is 0 Å². The fraction of sp³-hybridized carbons (Fsp3) is 0.250. The fourth-order valence-electron chi connectivity index (χ4n) is 1.19. The minimum atomic E-state index is 0.479. The summed E-state index contributed by atoms with van der Waals surface area (Å²) >= 11 is 5.78. The summed E-state index contributed by atoms with van der Waals surface area (Å²) in [6.45, 7) is 0.578. The van der Waals surface area contributed by atoms with Crippen LogP contribution in [0.2, 0.25) is 5.02 Å². The Morgan fingerprint density at radius 2 is 2.29 bits per heavy atom. The van der Waals surface area contributed by atoms with Crippen LogP contribution in [-0.2, 0) is 13.6 Å². The van der Waals surface area contributed by atoms with Crippen LogP contribution in [0.4, 0.5) is 5.82 Å². The molecule has 2 aromatic rings. The first-order valence-electron chi connectivity index (χ1n) is 4.10. The molecular weight excluding hydrogens is 202 g/mol. The predicted molar refractivity (Wildman–Crippen MR) is 54.0 cm³/mol. The van der Waals surface area contributed by atoms with Crippen LogP contribution in [0.25, 0.3) is 0 Å². The number of rotatable bonds is 2. The third-order valence-corrected chi connectivity index (χ3v) is 2.35. The first-order valence-corrected chi connectivity index (χ1v) is 4.48. The second-order valence-electron chi connectivity index (χ2n) is 3.03. The van der Waals surface area contributed by atoms with Gasteiger partial charge in [-0.25, -0.2) is 9.67 Å². The molecule has 2 N–H and O–H groups in total. The van der Waals surface area contributed by atoms with E-state index in [1.807, 2.05) is 11.6 Å². The maximum Gasteiger partial charge on any atom is 0.141 e. The second-order valence-corrected chi connectivity index (χ2v) is 3.44. The first-order chi connectivity index (χ1) is 6.68. The van der Waals surface area contributed by atoms with E-state index in [-0.39, 0.29) is 0 Å². The molecule has 2 heterocycles. The van der Waals surface area contributed by atoms with Crippen LogP contribution >= 0.6 is 11.6 Å². The summed E-state index contributed by atoms with van der Waals surface area (Å²) in [4.78, 5) is 4.00. The lowest BCUT2D eigenvalue weighted by molar-refractivity contribution is 0.656. The topological polar surface area (TPSA) is 61.7 Å². The number of hydrogen-bond acceptors (Lipinski definition) is 3. The monoisotopic (exact) mass is 211 g/mol. The van der Waals surface area contributed by atoms with E-state index in [1.54, 1.807) is 17.2 Å². The molecule has 0 saturated carbocycles. The number of halogens is 1. The van der Waals surface area contributed by atoms with Crippen LogP contribution in [0.5, 0.6) is 0 Å². The molecule has 2 aromatic heterocycles. The van der Waals surface area contributed by atoms with E-state index in [9.17, 15) is 0 Å². The zero-order valence-electron chi connectivity index (χ0n) is 7.68. The Morgan fingerprint density at radius 3 is 2.79 bits per heavy atom. The Labute approximate surface area is 86.1 Å². The summed E-state index contributed by atoms with van der Waals surface area (Å²) in [5.41, 5.74) is 6.73. The lowest BCUT2D eigenvalue weighted by Gasteiger charge is -2.04. The Morgan fingerprint density at radius 1 is 1.50 bits per heavy atom. The molecule has 0 aliphatic carbocycles. The van der Waals surface area contributed by atoms with E-state index >= 15 is 0 Å². The van der Waals surface area contributed by atoms with Crippen molar-refractivity contribution in [2.75, 3.05) is 5.73 Å². The van der Waals surface area contributed by atoms with Crippen molar-refractivity contribution in [3.63, 3.8) is 0 Å². The molecule has 0 aliphatic rings. The lowest BCUT2D eigenvalue weighted by Crippen LogP contribution is -2.08. The van der Waals surface area contributed by atoms with Gasteiger partial charge in [-0.05, 0) is 0 Å². The van der Waals surface area contributed by atoms with Gasteiger partial charge in [0.1, 0.15) is 10.8 Å². The average molecular weight is 212 g/mol. The van der Waals surface area contributed by atoms with Gasteiger partial charge in [0.05, 0.1) is 31.0 Å². The van der Waals surface area contributed by atoms with Gasteiger partial charge in [-0.1, -0.05) is 11.6 Å². The number of nitrogens with zero attached hydrogens (tertiary/aromatic N) is 4. The number of hydrogen-bond donors (Lipinski definition) is 1. The van der Waals surface area contributed by atoms with Crippen LogP contribution < -0.4 is 5.73 Å². The molecule has 6 heteroatoms. The van der Waals surface area contributed by atoms with Gasteiger partial charge in [-0.3, -0.25) is 0 Å². The van der Waals surface area contributed by atoms with E-state index in [4.69, 9.17) is 17.3 Å². The number of anilines is 1. The van der Waals surface area contributed by atoms with Crippen molar-refractivity contribution in [2.45, 2.75) is 6.54 Å². The quantitative estimate of drug-likeness (QED) is 0.803. The van der Waals surface area contributed by atoms with Gasteiger partial charge < -0.3 is 10.3 Å². The summed E-state index contributed by atoms with van der Waals surface area (Å²) in [5, 5.41) is 4.53. The smallest absolute Gasteiger partial charge is 0.141 e. The Kier molecular flexibility index (Phi) is 2.17. The SMILES string of the molecule is Cn1cncc1Cn1ncc(Cl)c1N. The van der Waals surface area contributed by atoms with E-state index in [2.05, 4.69) is 10.1 Å². The van der Waals surface area contributed by atoms with Crippen LogP contribution in [0.3, 0.4) is 0 Å². The van der Waals surface area contributed by atoms with Crippen LogP contribution in [0, 0.1) is 0 Å². The molecule has 74 valence electrons. The molecule has 0 saturated heterocycles. The Bertz CT molecular complexity index is 444. The van der Waals surface area contributed by atoms with Gasteiger partial charge in [0.2, 0.25) is 0 Å². The summed E-state index contributed by atoms with van der Waals surface area (Å²) in [6.07, 6.45) is 5.04. The van der Waals surface area contributed by atoms with Crippen molar-refractivity contribution in [3.05, 3.63) is 29.4 Å². The molecule has 0 unspecified atom stereocenters. The highest BCUT2D eigenvalue weighted by atomic mass is 35.5. The highest BCUT2D eigenvalue weighted by Crippen LogP contribution is 2.17. The maximum absolute atomic E-state index is 5.78. The molecule has 0 aliphatic heterocycles. The number of imidazole rings is 1. The molecular formula is C8H10ClN5. The van der Waals surface area contributed by atoms with Gasteiger partial charge in [0.15, 0.2) is 0 Å². The summed E-state index contributed by atoms with van der Waals surface area (Å²) in [7, 11) is 1.92. The highest BCUT2D eigenvalue weighted by Gasteiger charge is 2.06. The minimum Gasteiger partial charge on any atom is -0.383 e. The molecule has 0 aromatic carbocycles. The average Bonchev–Trinajstić information content (AvgIpc) is 2.68. The van der Waals surface area contributed by atoms with Crippen molar-refractivity contribution < 1.29 is 0 Å². The first kappa shape index (κ1) is 9.08. The van der Waals surface area contributed by atoms with Crippen molar-refractivity contribution in [2.24, 2.45) is 7.05 Å². The lowest BCUT2D eigenvalue weighted by atomic mass is 10.4. The number of nitrogens with two attached hydrogens (primary N) is 1. The van der Waals surface area contributed by atoms with Gasteiger partial charge in [-0.15, -0.1) is 0 Å². The third-order valence-electron chi connectivity index (χ3n) is 2.06. The maximum atomic E-state index is 5.78. The van der Waals surface area contributed by atoms with E-state index in [0.717, 1.165) is 5.69 Å². The number of aromatic nitrogens is 4. The van der Waals surface area contributed by atoms with E-state index in [0.29, 0.717) is 17.4 Å². The van der Waals surface area contributed by atoms with Crippen molar-refractivity contribution in [1.29, 1.82) is 0 Å². The normalized spacial score (nSPS) is 10.7. The van der Waals surface area contributed by atoms with Crippen molar-refractivity contribution in [1.82, 2.24) is 19.3 Å². The summed E-state index contributed by atoms with van der Waals surface area (Å²) in [6, 6.07) is 0. The fourth-order valence-corrected chi connectivity index (χ4v) is 1.33. The van der Waals surface area contributed by atoms with E-state index in [1.165, 1.54) is 6.20 Å². The molecule has 5 nitrogen and oxygen atoms in total. The van der Waals surface area contributed by atoms with Gasteiger partial charge >= 0.3 is 0 Å². The van der Waals surface area contributed by atoms with Crippen LogP contribution in [0.1, 0.15) is 5.69 Å². The van der Waals surface area contributed by atoms with Gasteiger partial charge in [-0.2, -0.15) is 5.10 Å². The molecule has 0 spiro atoms. The summed E-state index contributed by atoms with van der Waals surface area (Å²) in [5.74, 6) is 0.480. The predicted octanol–water partition coefficient (Wildman–Crippen LogP) is 0.900. The number of aryl methyl sites for hydroxylation is 1. The minimum absolute atomic E-state index is 0.479. The van der Waals surface area contributed by atoms with Crippen LogP contribution in [0.15, 0.2) is 18.7 Å². The summed E-state index contributed by atoms with van der Waals surface area (Å²) < 4.78 is 3.55. The molecule has 2 rings (SSSR count). The second kappa shape index (κ2) is 3.34. The molecule has 0 atom stereocenters. The highest BCUT2D eigenvalue weighted by molar-refractivity contribution is 6.32. The molecule has 0 fully saturated rings. The Hall–Kier alpha value is -1.49. The largest absolute Gasteiger partial charge is 0.383 e. The zero-order valence-corrected chi connectivity index (χ0v) is 8.44. The standard InChI is InChI=1S/C8H10ClN5/c1-13-5-11-2-6(13)4-14-8(10)7(9)3-12-14/h2-3,5H,4,10H2,1H3. The number of nitrogen functional groups attached to an aromatic ring is 1. The molecule has 0 bridgehead atoms. The van der Waals surface area contributed by atoms with Crippen molar-refractivity contribution >= 4 is 17.4 Å². The molecule has 0 radical (unpaired) electrons. The van der Waals surface area contributed by atoms with Gasteiger partial charge in [0.25, 0.3) is 0 Å². The van der Waals surface area contributed by atoms with Gasteiger partial charge in [0, 0.05) is 7.05 Å². The Balaban J connectivity index is 2.27. The third kappa shape index (κ3) is 1.46. The zero-order chi connectivity index (χ0) is 10.1. The van der Waals surface area contributed by atoms with Crippen LogP contribution in [-0.4, -0.2) is 19.3 Å². The van der Waals surface area contributed by atoms with Crippen molar-refractivity contribution in [3.8, 4) is 0 Å². The molecule has 0 amide bonds. The molecule has 14 heavy (non-hydrogen) atoms.